The van der Waals surface area contributed by atoms with Gasteiger partial charge in [-0.05, 0) is 33.0 Å². The van der Waals surface area contributed by atoms with Crippen molar-refractivity contribution in [3.8, 4) is 0 Å². The second-order valence-corrected chi connectivity index (χ2v) is 5.26. The second kappa shape index (κ2) is 5.15. The van der Waals surface area contributed by atoms with Gasteiger partial charge in [0.2, 0.25) is 0 Å². The molecular formula is C10H6Br2FN3O2. The molecule has 0 N–H and O–H groups in total. The standard InChI is InChI=1S/C10H6Br2FN3O2/c11-7-2-1-6(9(13)3-7)4-15-5-8(12)10(14-15)16(17)18/h1-3,5H,4H2. The number of rotatable bonds is 3. The van der Waals surface area contributed by atoms with Gasteiger partial charge >= 0.3 is 5.82 Å². The van der Waals surface area contributed by atoms with Gasteiger partial charge in [0.1, 0.15) is 10.3 Å². The van der Waals surface area contributed by atoms with E-state index in [1.807, 2.05) is 0 Å². The molecule has 5 nitrogen and oxygen atoms in total. The maximum atomic E-state index is 13.6. The average Bonchev–Trinajstić information content (AvgIpc) is 2.64. The van der Waals surface area contributed by atoms with E-state index in [2.05, 4.69) is 37.0 Å². The van der Waals surface area contributed by atoms with Crippen LogP contribution >= 0.6 is 31.9 Å². The predicted molar refractivity (Wildman–Crippen MR) is 69.8 cm³/mol. The molecule has 0 aliphatic heterocycles. The Labute approximate surface area is 118 Å². The van der Waals surface area contributed by atoms with Gasteiger partial charge in [-0.2, -0.15) is 4.68 Å². The van der Waals surface area contributed by atoms with E-state index in [9.17, 15) is 14.5 Å². The summed E-state index contributed by atoms with van der Waals surface area (Å²) in [4.78, 5) is 10.0. The summed E-state index contributed by atoms with van der Waals surface area (Å²) < 4.78 is 15.8. The van der Waals surface area contributed by atoms with Crippen LogP contribution in [0.5, 0.6) is 0 Å². The zero-order valence-corrected chi connectivity index (χ0v) is 12.0. The highest BCUT2D eigenvalue weighted by Gasteiger charge is 2.19. The van der Waals surface area contributed by atoms with Crippen molar-refractivity contribution in [1.82, 2.24) is 9.78 Å². The fraction of sp³-hybridized carbons (Fsp3) is 0.100. The van der Waals surface area contributed by atoms with Crippen LogP contribution in [-0.2, 0) is 6.54 Å². The summed E-state index contributed by atoms with van der Waals surface area (Å²) in [6.07, 6.45) is 1.44. The van der Waals surface area contributed by atoms with E-state index in [-0.39, 0.29) is 16.8 Å². The minimum Gasteiger partial charge on any atom is -0.358 e. The Balaban J connectivity index is 2.29. The molecule has 0 atom stereocenters. The fourth-order valence-corrected chi connectivity index (χ4v) is 2.21. The molecule has 0 aliphatic carbocycles. The van der Waals surface area contributed by atoms with Crippen molar-refractivity contribution in [1.29, 1.82) is 0 Å². The lowest BCUT2D eigenvalue weighted by atomic mass is 10.2. The van der Waals surface area contributed by atoms with Gasteiger partial charge in [-0.1, -0.05) is 22.0 Å². The molecular weight excluding hydrogens is 373 g/mol. The van der Waals surface area contributed by atoms with Crippen molar-refractivity contribution in [3.63, 3.8) is 0 Å². The van der Waals surface area contributed by atoms with Crippen molar-refractivity contribution >= 4 is 37.7 Å². The summed E-state index contributed by atoms with van der Waals surface area (Å²) in [7, 11) is 0. The first kappa shape index (κ1) is 13.2. The molecule has 18 heavy (non-hydrogen) atoms. The first-order valence-corrected chi connectivity index (χ1v) is 6.37. The van der Waals surface area contributed by atoms with Crippen molar-refractivity contribution in [3.05, 3.63) is 54.8 Å². The summed E-state index contributed by atoms with van der Waals surface area (Å²) >= 11 is 6.19. The molecule has 0 fully saturated rings. The van der Waals surface area contributed by atoms with Gasteiger partial charge < -0.3 is 10.1 Å². The van der Waals surface area contributed by atoms with E-state index >= 15 is 0 Å². The maximum absolute atomic E-state index is 13.6. The van der Waals surface area contributed by atoms with Crippen molar-refractivity contribution in [2.24, 2.45) is 0 Å². The van der Waals surface area contributed by atoms with Crippen molar-refractivity contribution in [2.45, 2.75) is 6.54 Å². The Kier molecular flexibility index (Phi) is 3.76. The minimum absolute atomic E-state index is 0.131. The Morgan fingerprint density at radius 2 is 2.17 bits per heavy atom. The Morgan fingerprint density at radius 3 is 2.72 bits per heavy atom. The van der Waals surface area contributed by atoms with E-state index in [0.29, 0.717) is 10.0 Å². The highest BCUT2D eigenvalue weighted by molar-refractivity contribution is 9.10. The topological polar surface area (TPSA) is 61.0 Å². The van der Waals surface area contributed by atoms with E-state index in [0.717, 1.165) is 0 Å². The Bertz CT molecular complexity index is 615. The molecule has 2 aromatic rings. The summed E-state index contributed by atoms with van der Waals surface area (Å²) in [6.45, 7) is 0.131. The molecule has 1 aromatic heterocycles. The van der Waals surface area contributed by atoms with Crippen molar-refractivity contribution in [2.75, 3.05) is 0 Å². The Morgan fingerprint density at radius 1 is 1.44 bits per heavy atom. The van der Waals surface area contributed by atoms with Gasteiger partial charge in [0.25, 0.3) is 0 Å². The van der Waals surface area contributed by atoms with Crippen LogP contribution in [0.1, 0.15) is 5.56 Å². The minimum atomic E-state index is -0.599. The van der Waals surface area contributed by atoms with Crippen LogP contribution in [0, 0.1) is 15.9 Å². The SMILES string of the molecule is O=[N+]([O-])c1nn(Cc2ccc(Br)cc2F)cc1Br. The van der Waals surface area contributed by atoms with Crippen LogP contribution in [0.2, 0.25) is 0 Å². The highest BCUT2D eigenvalue weighted by Crippen LogP contribution is 2.23. The van der Waals surface area contributed by atoms with Gasteiger partial charge in [-0.15, -0.1) is 0 Å². The zero-order chi connectivity index (χ0) is 13.3. The van der Waals surface area contributed by atoms with Gasteiger partial charge in [-0.3, -0.25) is 0 Å². The molecule has 0 saturated carbocycles. The lowest BCUT2D eigenvalue weighted by Gasteiger charge is -2.01. The van der Waals surface area contributed by atoms with E-state index < -0.39 is 10.7 Å². The summed E-state index contributed by atoms with van der Waals surface area (Å²) in [5.41, 5.74) is 0.406. The lowest BCUT2D eigenvalue weighted by Crippen LogP contribution is -2.03. The van der Waals surface area contributed by atoms with Crippen LogP contribution in [0.3, 0.4) is 0 Å². The first-order valence-electron chi connectivity index (χ1n) is 4.78. The molecule has 0 radical (unpaired) electrons. The zero-order valence-electron chi connectivity index (χ0n) is 8.81. The van der Waals surface area contributed by atoms with E-state index in [1.165, 1.54) is 16.9 Å². The Hall–Kier alpha value is -1.28. The van der Waals surface area contributed by atoms with Gasteiger partial charge in [0.05, 0.1) is 17.8 Å². The molecule has 1 aromatic carbocycles. The fourth-order valence-electron chi connectivity index (χ4n) is 1.42. The summed E-state index contributed by atoms with van der Waals surface area (Å²) in [6, 6.07) is 4.63. The molecule has 8 heteroatoms. The predicted octanol–water partition coefficient (Wildman–Crippen LogP) is 3.50. The van der Waals surface area contributed by atoms with E-state index in [1.54, 1.807) is 12.1 Å². The molecule has 94 valence electrons. The average molecular weight is 379 g/mol. The van der Waals surface area contributed by atoms with E-state index in [4.69, 9.17) is 0 Å². The van der Waals surface area contributed by atoms with Gasteiger partial charge in [0, 0.05) is 10.0 Å². The van der Waals surface area contributed by atoms with Crippen LogP contribution in [0.15, 0.2) is 33.3 Å². The van der Waals surface area contributed by atoms with Crippen LogP contribution in [-0.4, -0.2) is 14.7 Å². The summed E-state index contributed by atoms with van der Waals surface area (Å²) in [5.74, 6) is -0.675. The third-order valence-corrected chi connectivity index (χ3v) is 3.27. The number of aromatic nitrogens is 2. The largest absolute Gasteiger partial charge is 0.404 e. The van der Waals surface area contributed by atoms with Gasteiger partial charge in [-0.25, -0.2) is 4.39 Å². The number of nitro groups is 1. The van der Waals surface area contributed by atoms with Gasteiger partial charge in [0.15, 0.2) is 0 Å². The summed E-state index contributed by atoms with van der Waals surface area (Å²) in [5, 5.41) is 14.4. The number of hydrogen-bond donors (Lipinski definition) is 0. The maximum Gasteiger partial charge on any atom is 0.404 e. The first-order chi connectivity index (χ1) is 8.47. The van der Waals surface area contributed by atoms with Crippen LogP contribution in [0.4, 0.5) is 10.2 Å². The number of hydrogen-bond acceptors (Lipinski definition) is 3. The second-order valence-electron chi connectivity index (χ2n) is 3.49. The molecule has 0 aliphatic rings. The number of benzene rings is 1. The third kappa shape index (κ3) is 2.75. The number of nitrogens with zero attached hydrogens (tertiary/aromatic N) is 3. The smallest absolute Gasteiger partial charge is 0.358 e. The molecule has 0 spiro atoms. The number of halogens is 3. The third-order valence-electron chi connectivity index (χ3n) is 2.22. The van der Waals surface area contributed by atoms with Crippen LogP contribution in [0.25, 0.3) is 0 Å². The highest BCUT2D eigenvalue weighted by atomic mass is 79.9. The quantitative estimate of drug-likeness (QED) is 0.606. The molecule has 0 saturated heterocycles. The van der Waals surface area contributed by atoms with Crippen molar-refractivity contribution < 1.29 is 9.31 Å². The van der Waals surface area contributed by atoms with Crippen LogP contribution < -0.4 is 0 Å². The molecule has 0 unspecified atom stereocenters. The molecule has 0 amide bonds. The lowest BCUT2D eigenvalue weighted by molar-refractivity contribution is -0.390. The molecule has 1 heterocycles. The normalized spacial score (nSPS) is 10.6. The molecule has 2 rings (SSSR count). The molecule has 0 bridgehead atoms. The monoisotopic (exact) mass is 377 g/mol.